The van der Waals surface area contributed by atoms with E-state index in [1.54, 1.807) is 12.1 Å². The molecule has 0 aliphatic carbocycles. The standard InChI is InChI=1S/C23H24FN3OS/c1-2-18-7-5-6-14-27(18)21(28)15-29-23-20-9-4-3-8-19(20)22(25-26-23)16-10-12-17(24)13-11-16/h3-4,8-13,18H,2,5-7,14-15H2,1H3. The highest BCUT2D eigenvalue weighted by molar-refractivity contribution is 8.00. The van der Waals surface area contributed by atoms with Crippen LogP contribution in [0.15, 0.2) is 53.6 Å². The smallest absolute Gasteiger partial charge is 0.233 e. The number of nitrogens with zero attached hydrogens (tertiary/aromatic N) is 3. The number of rotatable bonds is 5. The molecule has 2 heterocycles. The first-order chi connectivity index (χ1) is 14.2. The fourth-order valence-electron chi connectivity index (χ4n) is 3.97. The largest absolute Gasteiger partial charge is 0.339 e. The SMILES string of the molecule is CCC1CCCCN1C(=O)CSc1nnc(-c2ccc(F)cc2)c2ccccc12. The van der Waals surface area contributed by atoms with Gasteiger partial charge in [-0.3, -0.25) is 4.79 Å². The van der Waals surface area contributed by atoms with Crippen molar-refractivity contribution in [1.29, 1.82) is 0 Å². The van der Waals surface area contributed by atoms with Gasteiger partial charge in [-0.15, -0.1) is 10.2 Å². The molecule has 0 radical (unpaired) electrons. The average Bonchev–Trinajstić information content (AvgIpc) is 2.78. The second-order valence-corrected chi connectivity index (χ2v) is 8.30. The maximum atomic E-state index is 13.3. The van der Waals surface area contributed by atoms with E-state index in [1.165, 1.54) is 30.3 Å². The van der Waals surface area contributed by atoms with Gasteiger partial charge in [-0.05, 0) is 49.9 Å². The van der Waals surface area contributed by atoms with Crippen LogP contribution in [0.1, 0.15) is 32.6 Å². The van der Waals surface area contributed by atoms with Crippen molar-refractivity contribution in [2.75, 3.05) is 12.3 Å². The zero-order valence-electron chi connectivity index (χ0n) is 16.5. The zero-order chi connectivity index (χ0) is 20.2. The van der Waals surface area contributed by atoms with E-state index >= 15 is 0 Å². The monoisotopic (exact) mass is 409 g/mol. The second kappa shape index (κ2) is 8.91. The summed E-state index contributed by atoms with van der Waals surface area (Å²) >= 11 is 1.45. The maximum Gasteiger partial charge on any atom is 0.233 e. The summed E-state index contributed by atoms with van der Waals surface area (Å²) in [4.78, 5) is 14.9. The van der Waals surface area contributed by atoms with Gasteiger partial charge in [0.25, 0.3) is 0 Å². The van der Waals surface area contributed by atoms with Crippen LogP contribution in [0.2, 0.25) is 0 Å². The van der Waals surface area contributed by atoms with E-state index in [0.29, 0.717) is 11.8 Å². The molecule has 1 saturated heterocycles. The first-order valence-electron chi connectivity index (χ1n) is 10.1. The molecule has 1 fully saturated rings. The van der Waals surface area contributed by atoms with Gasteiger partial charge in [-0.25, -0.2) is 4.39 Å². The van der Waals surface area contributed by atoms with Crippen molar-refractivity contribution in [3.8, 4) is 11.3 Å². The van der Waals surface area contributed by atoms with Crippen molar-refractivity contribution in [1.82, 2.24) is 15.1 Å². The van der Waals surface area contributed by atoms with Crippen LogP contribution in [0.4, 0.5) is 4.39 Å². The highest BCUT2D eigenvalue weighted by Gasteiger charge is 2.25. The second-order valence-electron chi connectivity index (χ2n) is 7.34. The Morgan fingerprint density at radius 3 is 2.62 bits per heavy atom. The van der Waals surface area contributed by atoms with Gasteiger partial charge in [0.15, 0.2) is 0 Å². The summed E-state index contributed by atoms with van der Waals surface area (Å²) in [6, 6.07) is 14.5. The number of thioether (sulfide) groups is 1. The molecular weight excluding hydrogens is 385 g/mol. The van der Waals surface area contributed by atoms with Crippen LogP contribution in [0.5, 0.6) is 0 Å². The molecular formula is C23H24FN3OS. The van der Waals surface area contributed by atoms with Crippen LogP contribution >= 0.6 is 11.8 Å². The number of benzene rings is 2. The minimum absolute atomic E-state index is 0.176. The minimum Gasteiger partial charge on any atom is -0.339 e. The van der Waals surface area contributed by atoms with Gasteiger partial charge in [0.05, 0.1) is 5.75 Å². The normalized spacial score (nSPS) is 16.9. The molecule has 1 amide bonds. The third-order valence-electron chi connectivity index (χ3n) is 5.52. The van der Waals surface area contributed by atoms with Crippen molar-refractivity contribution in [2.24, 2.45) is 0 Å². The molecule has 0 bridgehead atoms. The van der Waals surface area contributed by atoms with Gasteiger partial charge in [-0.1, -0.05) is 43.0 Å². The van der Waals surface area contributed by atoms with E-state index in [-0.39, 0.29) is 11.7 Å². The summed E-state index contributed by atoms with van der Waals surface area (Å²) in [5.41, 5.74) is 1.54. The Hall–Kier alpha value is -2.47. The minimum atomic E-state index is -0.278. The Labute approximate surface area is 174 Å². The molecule has 29 heavy (non-hydrogen) atoms. The molecule has 1 atom stereocenters. The van der Waals surface area contributed by atoms with Gasteiger partial charge in [-0.2, -0.15) is 0 Å². The summed E-state index contributed by atoms with van der Waals surface area (Å²) in [6.07, 6.45) is 4.39. The molecule has 2 aromatic carbocycles. The fourth-order valence-corrected chi connectivity index (χ4v) is 4.83. The number of amides is 1. The van der Waals surface area contributed by atoms with Crippen LogP contribution in [0.3, 0.4) is 0 Å². The molecule has 0 saturated carbocycles. The first-order valence-corrected chi connectivity index (χ1v) is 11.1. The zero-order valence-corrected chi connectivity index (χ0v) is 17.3. The van der Waals surface area contributed by atoms with Gasteiger partial charge < -0.3 is 4.90 Å². The van der Waals surface area contributed by atoms with Crippen LogP contribution in [0, 0.1) is 5.82 Å². The number of halogens is 1. The lowest BCUT2D eigenvalue weighted by molar-refractivity contribution is -0.132. The summed E-state index contributed by atoms with van der Waals surface area (Å²) in [5, 5.41) is 11.5. The predicted molar refractivity (Wildman–Crippen MR) is 115 cm³/mol. The number of aromatic nitrogens is 2. The lowest BCUT2D eigenvalue weighted by atomic mass is 10.0. The summed E-state index contributed by atoms with van der Waals surface area (Å²) in [6.45, 7) is 3.00. The molecule has 1 aromatic heterocycles. The molecule has 3 aromatic rings. The fraction of sp³-hybridized carbons (Fsp3) is 0.348. The van der Waals surface area contributed by atoms with E-state index < -0.39 is 0 Å². The van der Waals surface area contributed by atoms with Gasteiger partial charge in [0.1, 0.15) is 16.5 Å². The molecule has 1 unspecified atom stereocenters. The molecule has 6 heteroatoms. The van der Waals surface area contributed by atoms with Crippen molar-refractivity contribution in [3.63, 3.8) is 0 Å². The number of piperidine rings is 1. The predicted octanol–water partition coefficient (Wildman–Crippen LogP) is 5.32. The lowest BCUT2D eigenvalue weighted by Crippen LogP contribution is -2.44. The number of hydrogen-bond donors (Lipinski definition) is 0. The Bertz CT molecular complexity index is 1010. The van der Waals surface area contributed by atoms with Gasteiger partial charge >= 0.3 is 0 Å². The van der Waals surface area contributed by atoms with E-state index in [0.717, 1.165) is 52.9 Å². The van der Waals surface area contributed by atoms with Crippen LogP contribution < -0.4 is 0 Å². The highest BCUT2D eigenvalue weighted by Crippen LogP contribution is 2.32. The summed E-state index contributed by atoms with van der Waals surface area (Å²) < 4.78 is 13.3. The highest BCUT2D eigenvalue weighted by atomic mass is 32.2. The van der Waals surface area contributed by atoms with Crippen molar-refractivity contribution in [2.45, 2.75) is 43.7 Å². The Balaban J connectivity index is 1.58. The van der Waals surface area contributed by atoms with E-state index in [4.69, 9.17) is 0 Å². The summed E-state index contributed by atoms with van der Waals surface area (Å²) in [5.74, 6) is 0.264. The summed E-state index contributed by atoms with van der Waals surface area (Å²) in [7, 11) is 0. The van der Waals surface area contributed by atoms with Crippen LogP contribution in [-0.4, -0.2) is 39.3 Å². The van der Waals surface area contributed by atoms with E-state index in [9.17, 15) is 9.18 Å². The number of carbonyl (C=O) groups is 1. The number of likely N-dealkylation sites (tertiary alicyclic amines) is 1. The molecule has 1 aliphatic rings. The molecule has 1 aliphatic heterocycles. The molecule has 4 nitrogen and oxygen atoms in total. The lowest BCUT2D eigenvalue weighted by Gasteiger charge is -2.35. The quantitative estimate of drug-likeness (QED) is 0.535. The van der Waals surface area contributed by atoms with Crippen LogP contribution in [0.25, 0.3) is 22.0 Å². The van der Waals surface area contributed by atoms with Gasteiger partial charge in [0.2, 0.25) is 5.91 Å². The maximum absolute atomic E-state index is 13.3. The number of carbonyl (C=O) groups excluding carboxylic acids is 1. The third kappa shape index (κ3) is 4.27. The van der Waals surface area contributed by atoms with E-state index in [1.807, 2.05) is 29.2 Å². The molecule has 150 valence electrons. The van der Waals surface area contributed by atoms with E-state index in [2.05, 4.69) is 17.1 Å². The first kappa shape index (κ1) is 19.8. The average molecular weight is 410 g/mol. The molecule has 0 N–H and O–H groups in total. The Kier molecular flexibility index (Phi) is 6.09. The van der Waals surface area contributed by atoms with Crippen molar-refractivity contribution < 1.29 is 9.18 Å². The molecule has 0 spiro atoms. The Morgan fingerprint density at radius 1 is 1.10 bits per heavy atom. The number of hydrogen-bond acceptors (Lipinski definition) is 4. The van der Waals surface area contributed by atoms with Crippen LogP contribution in [-0.2, 0) is 4.79 Å². The topological polar surface area (TPSA) is 46.1 Å². The Morgan fingerprint density at radius 2 is 1.86 bits per heavy atom. The third-order valence-corrected chi connectivity index (χ3v) is 6.49. The number of fused-ring (bicyclic) bond motifs is 1. The van der Waals surface area contributed by atoms with Gasteiger partial charge in [0, 0.05) is 28.9 Å². The van der Waals surface area contributed by atoms with Crippen molar-refractivity contribution >= 4 is 28.4 Å². The van der Waals surface area contributed by atoms with Crippen molar-refractivity contribution in [3.05, 3.63) is 54.3 Å². The molecule has 4 rings (SSSR count).